The van der Waals surface area contributed by atoms with Crippen molar-refractivity contribution in [2.24, 2.45) is 5.92 Å². The molecule has 1 fully saturated rings. The van der Waals surface area contributed by atoms with Crippen molar-refractivity contribution in [3.05, 3.63) is 64.6 Å². The number of carbonyl (C=O) groups is 2. The van der Waals surface area contributed by atoms with Crippen LogP contribution in [0.3, 0.4) is 0 Å². The molecule has 0 radical (unpaired) electrons. The lowest BCUT2D eigenvalue weighted by Crippen LogP contribution is -2.44. The van der Waals surface area contributed by atoms with Crippen molar-refractivity contribution in [3.63, 3.8) is 0 Å². The Balaban J connectivity index is 1.83. The van der Waals surface area contributed by atoms with E-state index in [0.29, 0.717) is 6.42 Å². The highest BCUT2D eigenvalue weighted by Gasteiger charge is 2.53. The van der Waals surface area contributed by atoms with E-state index in [-0.39, 0.29) is 23.9 Å². The highest BCUT2D eigenvalue weighted by atomic mass is 79.9. The van der Waals surface area contributed by atoms with Gasteiger partial charge < -0.3 is 15.0 Å². The zero-order chi connectivity index (χ0) is 20.3. The fourth-order valence-electron chi connectivity index (χ4n) is 3.51. The number of nitrogens with zero attached hydrogens (tertiary/aromatic N) is 1. The number of esters is 1. The normalized spacial score (nSPS) is 19.2. The quantitative estimate of drug-likeness (QED) is 0.516. The van der Waals surface area contributed by atoms with Crippen molar-refractivity contribution in [2.45, 2.75) is 38.4 Å². The molecule has 28 heavy (non-hydrogen) atoms. The SMILES string of the molecule is COC(=O)[C@H](CC(C)C)NC(=O)[C@@H]1[C@@H](c2ccccc2)N1c1ccc(Br)cc1. The Bertz CT molecular complexity index is 823. The van der Waals surface area contributed by atoms with E-state index >= 15 is 0 Å². The molecule has 0 aliphatic carbocycles. The van der Waals surface area contributed by atoms with E-state index in [1.165, 1.54) is 7.11 Å². The summed E-state index contributed by atoms with van der Waals surface area (Å²) in [4.78, 5) is 27.3. The highest BCUT2D eigenvalue weighted by molar-refractivity contribution is 9.10. The molecule has 0 bridgehead atoms. The monoisotopic (exact) mass is 444 g/mol. The fourth-order valence-corrected chi connectivity index (χ4v) is 3.78. The lowest BCUT2D eigenvalue weighted by molar-refractivity contribution is -0.145. The maximum Gasteiger partial charge on any atom is 0.328 e. The standard InChI is InChI=1S/C22H25BrN2O3/c1-14(2)13-18(22(27)28-3)24-21(26)20-19(15-7-5-4-6-8-15)25(20)17-11-9-16(23)10-12-17/h4-12,14,18-20H,13H2,1-3H3,(H,24,26)/t18-,19+,20-,25?/m0/s1. The number of amides is 1. The number of hydrogen-bond acceptors (Lipinski definition) is 4. The molecule has 0 aromatic heterocycles. The summed E-state index contributed by atoms with van der Waals surface area (Å²) < 4.78 is 5.86. The van der Waals surface area contributed by atoms with Gasteiger partial charge in [-0.05, 0) is 42.2 Å². The molecule has 0 unspecified atom stereocenters. The number of methoxy groups -OCH3 is 1. The van der Waals surface area contributed by atoms with Crippen molar-refractivity contribution in [3.8, 4) is 0 Å². The first kappa shape index (κ1) is 20.4. The summed E-state index contributed by atoms with van der Waals surface area (Å²) in [5, 5.41) is 2.91. The van der Waals surface area contributed by atoms with E-state index in [4.69, 9.17) is 4.74 Å². The number of halogens is 1. The molecular weight excluding hydrogens is 420 g/mol. The third-order valence-corrected chi connectivity index (χ3v) is 5.38. The summed E-state index contributed by atoms with van der Waals surface area (Å²) in [6, 6.07) is 16.8. The smallest absolute Gasteiger partial charge is 0.328 e. The van der Waals surface area contributed by atoms with Gasteiger partial charge in [0.15, 0.2) is 0 Å². The topological polar surface area (TPSA) is 58.4 Å². The van der Waals surface area contributed by atoms with Crippen LogP contribution in [-0.2, 0) is 14.3 Å². The van der Waals surface area contributed by atoms with Crippen LogP contribution in [0.5, 0.6) is 0 Å². The second-order valence-corrected chi connectivity index (χ2v) is 8.31. The van der Waals surface area contributed by atoms with Crippen molar-refractivity contribution < 1.29 is 14.3 Å². The van der Waals surface area contributed by atoms with Gasteiger partial charge in [-0.1, -0.05) is 60.1 Å². The average molecular weight is 445 g/mol. The molecule has 2 aromatic carbocycles. The Labute approximate surface area is 174 Å². The lowest BCUT2D eigenvalue weighted by Gasteiger charge is -2.18. The Morgan fingerprint density at radius 1 is 1.11 bits per heavy atom. The minimum Gasteiger partial charge on any atom is -0.467 e. The van der Waals surface area contributed by atoms with E-state index in [1.54, 1.807) is 0 Å². The maximum atomic E-state index is 13.1. The first-order valence-electron chi connectivity index (χ1n) is 9.39. The van der Waals surface area contributed by atoms with E-state index in [9.17, 15) is 9.59 Å². The van der Waals surface area contributed by atoms with Crippen LogP contribution in [0.4, 0.5) is 5.69 Å². The van der Waals surface area contributed by atoms with Crippen LogP contribution in [0.15, 0.2) is 59.1 Å². The third kappa shape index (κ3) is 4.55. The molecule has 2 aromatic rings. The summed E-state index contributed by atoms with van der Waals surface area (Å²) >= 11 is 3.45. The Hall–Kier alpha value is -2.34. The van der Waals surface area contributed by atoms with Gasteiger partial charge in [0.05, 0.1) is 13.2 Å². The second kappa shape index (κ2) is 8.78. The Morgan fingerprint density at radius 2 is 1.75 bits per heavy atom. The molecule has 1 amide bonds. The van der Waals surface area contributed by atoms with Gasteiger partial charge in [0.1, 0.15) is 12.1 Å². The predicted octanol–water partition coefficient (Wildman–Crippen LogP) is 4.08. The highest BCUT2D eigenvalue weighted by Crippen LogP contribution is 2.47. The molecule has 3 atom stereocenters. The van der Waals surface area contributed by atoms with Gasteiger partial charge in [-0.25, -0.2) is 4.79 Å². The number of hydrogen-bond donors (Lipinski definition) is 1. The number of anilines is 1. The van der Waals surface area contributed by atoms with Gasteiger partial charge in [-0.15, -0.1) is 0 Å². The van der Waals surface area contributed by atoms with E-state index in [2.05, 4.69) is 26.1 Å². The van der Waals surface area contributed by atoms with Gasteiger partial charge in [0.25, 0.3) is 0 Å². The van der Waals surface area contributed by atoms with Gasteiger partial charge in [0, 0.05) is 10.2 Å². The van der Waals surface area contributed by atoms with Crippen molar-refractivity contribution in [1.82, 2.24) is 5.32 Å². The molecule has 0 saturated carbocycles. The maximum absolute atomic E-state index is 13.1. The van der Waals surface area contributed by atoms with Gasteiger partial charge in [-0.3, -0.25) is 4.79 Å². The van der Waals surface area contributed by atoms with E-state index in [0.717, 1.165) is 15.7 Å². The molecule has 1 heterocycles. The zero-order valence-corrected chi connectivity index (χ0v) is 17.8. The first-order valence-corrected chi connectivity index (χ1v) is 10.2. The summed E-state index contributed by atoms with van der Waals surface area (Å²) in [6.07, 6.45) is 0.541. The molecule has 1 saturated heterocycles. The average Bonchev–Trinajstić information content (AvgIpc) is 3.43. The summed E-state index contributed by atoms with van der Waals surface area (Å²) in [5.74, 6) is -0.307. The molecule has 1 N–H and O–H groups in total. The number of benzene rings is 2. The molecule has 5 nitrogen and oxygen atoms in total. The molecule has 1 aliphatic heterocycles. The van der Waals surface area contributed by atoms with Gasteiger partial charge in [-0.2, -0.15) is 0 Å². The van der Waals surface area contributed by atoms with Crippen LogP contribution >= 0.6 is 15.9 Å². The zero-order valence-electron chi connectivity index (χ0n) is 16.3. The van der Waals surface area contributed by atoms with Crippen LogP contribution in [0.1, 0.15) is 31.9 Å². The van der Waals surface area contributed by atoms with Crippen LogP contribution < -0.4 is 10.2 Å². The largest absolute Gasteiger partial charge is 0.467 e. The predicted molar refractivity (Wildman–Crippen MR) is 113 cm³/mol. The minimum absolute atomic E-state index is 0.0558. The number of nitrogens with one attached hydrogen (secondary N) is 1. The van der Waals surface area contributed by atoms with Crippen LogP contribution in [0.25, 0.3) is 0 Å². The van der Waals surface area contributed by atoms with Crippen LogP contribution in [-0.4, -0.2) is 31.1 Å². The fraction of sp³-hybridized carbons (Fsp3) is 0.364. The van der Waals surface area contributed by atoms with Crippen LogP contribution in [0.2, 0.25) is 0 Å². The molecular formula is C22H25BrN2O3. The van der Waals surface area contributed by atoms with Crippen molar-refractivity contribution in [1.29, 1.82) is 0 Å². The molecule has 6 heteroatoms. The molecule has 0 spiro atoms. The van der Waals surface area contributed by atoms with Crippen molar-refractivity contribution in [2.75, 3.05) is 12.0 Å². The van der Waals surface area contributed by atoms with E-state index in [1.807, 2.05) is 68.4 Å². The van der Waals surface area contributed by atoms with Crippen LogP contribution in [0, 0.1) is 5.92 Å². The second-order valence-electron chi connectivity index (χ2n) is 7.40. The summed E-state index contributed by atoms with van der Waals surface area (Å²) in [5.41, 5.74) is 2.04. The minimum atomic E-state index is -0.638. The molecule has 1 aliphatic rings. The number of ether oxygens (including phenoxy) is 1. The van der Waals surface area contributed by atoms with Gasteiger partial charge in [0.2, 0.25) is 5.91 Å². The summed E-state index contributed by atoms with van der Waals surface area (Å²) in [6.45, 7) is 4.03. The Morgan fingerprint density at radius 3 is 2.32 bits per heavy atom. The van der Waals surface area contributed by atoms with E-state index < -0.39 is 12.0 Å². The Kier molecular flexibility index (Phi) is 6.39. The lowest BCUT2D eigenvalue weighted by atomic mass is 10.0. The number of rotatable bonds is 7. The number of carbonyl (C=O) groups excluding carboxylic acids is 2. The third-order valence-electron chi connectivity index (χ3n) is 4.85. The molecule has 148 valence electrons. The van der Waals surface area contributed by atoms with Crippen molar-refractivity contribution >= 4 is 33.5 Å². The first-order chi connectivity index (χ1) is 13.4. The van der Waals surface area contributed by atoms with Gasteiger partial charge >= 0.3 is 5.97 Å². The summed E-state index contributed by atoms with van der Waals surface area (Å²) in [7, 11) is 1.35. The molecule has 3 rings (SSSR count).